The van der Waals surface area contributed by atoms with Gasteiger partial charge < -0.3 is 5.32 Å². The van der Waals surface area contributed by atoms with Gasteiger partial charge in [-0.3, -0.25) is 23.9 Å². The zero-order valence-electron chi connectivity index (χ0n) is 15.4. The molecule has 0 spiro atoms. The van der Waals surface area contributed by atoms with E-state index in [1.165, 1.54) is 16.7 Å². The Morgan fingerprint density at radius 3 is 2.62 bits per heavy atom. The zero-order valence-corrected chi connectivity index (χ0v) is 17.0. The molecule has 0 atom stereocenters. The Labute approximate surface area is 175 Å². The number of benzene rings is 2. The minimum absolute atomic E-state index is 0.173. The number of rotatable bonds is 7. The number of hydrogen-bond donors (Lipinski definition) is 1. The largest absolute Gasteiger partial charge is 0.354 e. The molecule has 0 bridgehead atoms. The fourth-order valence-corrected chi connectivity index (χ4v) is 4.62. The van der Waals surface area contributed by atoms with Gasteiger partial charge in [-0.25, -0.2) is 4.98 Å². The smallest absolute Gasteiger partial charge is 0.288 e. The molecule has 0 aliphatic carbocycles. The average molecular weight is 427 g/mol. The lowest BCUT2D eigenvalue weighted by Gasteiger charge is -2.13. The van der Waals surface area contributed by atoms with E-state index in [4.69, 9.17) is 0 Å². The summed E-state index contributed by atoms with van der Waals surface area (Å²) < 4.78 is 2.03. The number of thioether (sulfide) groups is 2. The van der Waals surface area contributed by atoms with Gasteiger partial charge >= 0.3 is 0 Å². The highest BCUT2D eigenvalue weighted by molar-refractivity contribution is 8.14. The van der Waals surface area contributed by atoms with Gasteiger partial charge in [0.2, 0.25) is 11.8 Å². The first-order chi connectivity index (χ1) is 14.1. The minimum Gasteiger partial charge on any atom is -0.354 e. The number of imidazole rings is 1. The van der Waals surface area contributed by atoms with Crippen LogP contribution in [-0.2, 0) is 9.59 Å². The number of nitrogens with one attached hydrogen (secondary N) is 1. The molecule has 1 aromatic heterocycles. The van der Waals surface area contributed by atoms with Gasteiger partial charge in [0, 0.05) is 18.8 Å². The van der Waals surface area contributed by atoms with Crippen LogP contribution in [0.4, 0.5) is 4.79 Å². The van der Waals surface area contributed by atoms with Gasteiger partial charge in [-0.15, -0.1) is 0 Å². The summed E-state index contributed by atoms with van der Waals surface area (Å²) in [5.41, 5.74) is 2.82. The highest BCUT2D eigenvalue weighted by Crippen LogP contribution is 2.27. The number of para-hydroxylation sites is 3. The Kier molecular flexibility index (Phi) is 5.86. The van der Waals surface area contributed by atoms with Crippen molar-refractivity contribution < 1.29 is 14.4 Å². The van der Waals surface area contributed by atoms with Crippen molar-refractivity contribution in [3.63, 3.8) is 0 Å². The molecule has 2 aromatic carbocycles. The van der Waals surface area contributed by atoms with Crippen LogP contribution in [0.5, 0.6) is 0 Å². The first-order valence-corrected chi connectivity index (χ1v) is 11.0. The third-order valence-electron chi connectivity index (χ3n) is 4.37. The second-order valence-corrected chi connectivity index (χ2v) is 8.16. The van der Waals surface area contributed by atoms with E-state index in [-0.39, 0.29) is 41.6 Å². The Morgan fingerprint density at radius 2 is 1.86 bits per heavy atom. The van der Waals surface area contributed by atoms with E-state index in [0.717, 1.165) is 33.6 Å². The Hall–Kier alpha value is -2.78. The lowest BCUT2D eigenvalue weighted by Crippen LogP contribution is -2.38. The number of fused-ring (bicyclic) bond motifs is 1. The first-order valence-electron chi connectivity index (χ1n) is 9.03. The first kappa shape index (κ1) is 19.5. The van der Waals surface area contributed by atoms with E-state index in [1.54, 1.807) is 0 Å². The van der Waals surface area contributed by atoms with Gasteiger partial charge in [0.1, 0.15) is 0 Å². The van der Waals surface area contributed by atoms with Crippen LogP contribution in [-0.4, -0.2) is 56.1 Å². The number of nitrogens with zero attached hydrogens (tertiary/aromatic N) is 3. The number of carbonyl (C=O) groups excluding carboxylic acids is 3. The number of imide groups is 1. The molecule has 29 heavy (non-hydrogen) atoms. The monoisotopic (exact) mass is 426 g/mol. The van der Waals surface area contributed by atoms with Crippen molar-refractivity contribution in [1.82, 2.24) is 19.8 Å². The van der Waals surface area contributed by atoms with Crippen molar-refractivity contribution >= 4 is 51.6 Å². The van der Waals surface area contributed by atoms with Crippen LogP contribution in [0, 0.1) is 0 Å². The molecule has 2 heterocycles. The van der Waals surface area contributed by atoms with E-state index >= 15 is 0 Å². The molecule has 1 aliphatic rings. The van der Waals surface area contributed by atoms with Gasteiger partial charge in [-0.05, 0) is 24.3 Å². The topological polar surface area (TPSA) is 84.3 Å². The molecule has 3 aromatic rings. The maximum atomic E-state index is 12.3. The summed E-state index contributed by atoms with van der Waals surface area (Å²) in [7, 11) is 0. The quantitative estimate of drug-likeness (QED) is 0.585. The summed E-state index contributed by atoms with van der Waals surface area (Å²) in [6.45, 7) is 0.441. The number of carbonyl (C=O) groups is 3. The number of aromatic nitrogens is 2. The average Bonchev–Trinajstić information content (AvgIpc) is 3.27. The standard InChI is InChI=1S/C20H18N4O3S2/c25-17(21-10-11-23-18(26)13-29-20(23)27)12-28-19-22-15-8-4-5-9-16(15)24(19)14-6-2-1-3-7-14/h1-9H,10-13H2,(H,21,25). The summed E-state index contributed by atoms with van der Waals surface area (Å²) in [5, 5.41) is 3.24. The van der Waals surface area contributed by atoms with Crippen LogP contribution in [0.1, 0.15) is 0 Å². The van der Waals surface area contributed by atoms with Crippen LogP contribution in [0.15, 0.2) is 59.8 Å². The van der Waals surface area contributed by atoms with Crippen molar-refractivity contribution in [3.8, 4) is 5.69 Å². The minimum atomic E-state index is -0.254. The molecule has 1 N–H and O–H groups in total. The summed E-state index contributed by atoms with van der Waals surface area (Å²) >= 11 is 2.34. The van der Waals surface area contributed by atoms with E-state index in [1.807, 2.05) is 59.2 Å². The van der Waals surface area contributed by atoms with Gasteiger partial charge in [-0.2, -0.15) is 0 Å². The van der Waals surface area contributed by atoms with Crippen LogP contribution in [0.2, 0.25) is 0 Å². The third-order valence-corrected chi connectivity index (χ3v) is 6.17. The van der Waals surface area contributed by atoms with Crippen molar-refractivity contribution in [2.24, 2.45) is 0 Å². The van der Waals surface area contributed by atoms with E-state index < -0.39 is 0 Å². The maximum Gasteiger partial charge on any atom is 0.288 e. The molecule has 0 saturated carbocycles. The van der Waals surface area contributed by atoms with Crippen molar-refractivity contribution in [2.75, 3.05) is 24.6 Å². The molecule has 1 fully saturated rings. The maximum absolute atomic E-state index is 12.3. The van der Waals surface area contributed by atoms with Gasteiger partial charge in [-0.1, -0.05) is 53.9 Å². The van der Waals surface area contributed by atoms with Gasteiger partial charge in [0.25, 0.3) is 5.24 Å². The van der Waals surface area contributed by atoms with E-state index in [2.05, 4.69) is 10.3 Å². The second-order valence-electron chi connectivity index (χ2n) is 6.29. The van der Waals surface area contributed by atoms with Crippen LogP contribution >= 0.6 is 23.5 Å². The SMILES string of the molecule is O=C(CSc1nc2ccccc2n1-c1ccccc1)NCCN1C(=O)CSC1=O. The van der Waals surface area contributed by atoms with Gasteiger partial charge in [0.15, 0.2) is 5.16 Å². The molecular weight excluding hydrogens is 408 g/mol. The second kappa shape index (κ2) is 8.71. The molecule has 1 aliphatic heterocycles. The van der Waals surface area contributed by atoms with Crippen LogP contribution in [0.25, 0.3) is 16.7 Å². The summed E-state index contributed by atoms with van der Waals surface area (Å²) in [5.74, 6) is -0.0147. The molecular formula is C20H18N4O3S2. The Balaban J connectivity index is 1.41. The lowest BCUT2D eigenvalue weighted by molar-refractivity contribution is -0.125. The third kappa shape index (κ3) is 4.30. The fraction of sp³-hybridized carbons (Fsp3) is 0.200. The predicted molar refractivity (Wildman–Crippen MR) is 114 cm³/mol. The summed E-state index contributed by atoms with van der Waals surface area (Å²) in [6, 6.07) is 17.7. The number of hydrogen-bond acceptors (Lipinski definition) is 6. The molecule has 3 amide bonds. The van der Waals surface area contributed by atoms with Crippen molar-refractivity contribution in [1.29, 1.82) is 0 Å². The molecule has 0 radical (unpaired) electrons. The predicted octanol–water partition coefficient (Wildman–Crippen LogP) is 2.93. The number of amides is 3. The zero-order chi connectivity index (χ0) is 20.2. The fourth-order valence-electron chi connectivity index (χ4n) is 3.01. The van der Waals surface area contributed by atoms with E-state index in [0.29, 0.717) is 0 Å². The summed E-state index contributed by atoms with van der Waals surface area (Å²) in [4.78, 5) is 41.3. The van der Waals surface area contributed by atoms with E-state index in [9.17, 15) is 14.4 Å². The molecule has 7 nitrogen and oxygen atoms in total. The molecule has 1 saturated heterocycles. The van der Waals surface area contributed by atoms with Crippen molar-refractivity contribution in [2.45, 2.75) is 5.16 Å². The highest BCUT2D eigenvalue weighted by atomic mass is 32.2. The lowest BCUT2D eigenvalue weighted by atomic mass is 10.3. The summed E-state index contributed by atoms with van der Waals surface area (Å²) in [6.07, 6.45) is 0. The highest BCUT2D eigenvalue weighted by Gasteiger charge is 2.29. The van der Waals surface area contributed by atoms with Gasteiger partial charge in [0.05, 0.1) is 22.5 Å². The molecule has 0 unspecified atom stereocenters. The van der Waals surface area contributed by atoms with Crippen LogP contribution in [0.3, 0.4) is 0 Å². The molecule has 148 valence electrons. The Bertz CT molecular complexity index is 1050. The molecule has 9 heteroatoms. The van der Waals surface area contributed by atoms with Crippen LogP contribution < -0.4 is 5.32 Å². The van der Waals surface area contributed by atoms with Crippen molar-refractivity contribution in [3.05, 3.63) is 54.6 Å². The molecule has 4 rings (SSSR count). The normalized spacial score (nSPS) is 14.0. The Morgan fingerprint density at radius 1 is 1.10 bits per heavy atom.